The number of hydrogen-bond acceptors (Lipinski definition) is 5. The van der Waals surface area contributed by atoms with Crippen molar-refractivity contribution in [2.75, 3.05) is 18.9 Å². The van der Waals surface area contributed by atoms with Crippen molar-refractivity contribution in [3.05, 3.63) is 89.5 Å². The molecule has 3 rings (SSSR count). The Bertz CT molecular complexity index is 1220. The molecule has 0 atom stereocenters. The fraction of sp³-hybridized carbons (Fsp3) is 0.130. The Kier molecular flexibility index (Phi) is 7.11. The molecule has 0 unspecified atom stereocenters. The number of para-hydroxylation sites is 2. The maximum absolute atomic E-state index is 12.7. The van der Waals surface area contributed by atoms with Gasteiger partial charge in [-0.15, -0.1) is 0 Å². The van der Waals surface area contributed by atoms with Crippen molar-refractivity contribution in [3.63, 3.8) is 0 Å². The standard InChI is InChI=1S/C23H23N3O5S/c1-24-22(27)18-7-5-6-16(14-18)15-25-23(28)17-10-12-19(13-11-17)32(29,30)26-20-8-3-4-9-21(20)31-2/h3-14,26H,15H2,1-2H3,(H,24,27)(H,25,28). The first-order valence-electron chi connectivity index (χ1n) is 9.69. The number of ether oxygens (including phenoxy) is 1. The van der Waals surface area contributed by atoms with Gasteiger partial charge >= 0.3 is 0 Å². The second-order valence-electron chi connectivity index (χ2n) is 6.79. The molecule has 0 saturated heterocycles. The number of hydrogen-bond donors (Lipinski definition) is 3. The van der Waals surface area contributed by atoms with Gasteiger partial charge in [0.05, 0.1) is 17.7 Å². The number of benzene rings is 3. The van der Waals surface area contributed by atoms with E-state index in [0.29, 0.717) is 22.6 Å². The number of carbonyl (C=O) groups is 2. The number of methoxy groups -OCH3 is 1. The van der Waals surface area contributed by atoms with Crippen LogP contribution in [0.1, 0.15) is 26.3 Å². The summed E-state index contributed by atoms with van der Waals surface area (Å²) in [6.45, 7) is 0.221. The van der Waals surface area contributed by atoms with Gasteiger partial charge in [0.15, 0.2) is 0 Å². The number of sulfonamides is 1. The zero-order valence-electron chi connectivity index (χ0n) is 17.6. The molecule has 0 fully saturated rings. The van der Waals surface area contributed by atoms with E-state index < -0.39 is 10.0 Å². The number of anilines is 1. The highest BCUT2D eigenvalue weighted by Crippen LogP contribution is 2.26. The lowest BCUT2D eigenvalue weighted by atomic mass is 10.1. The van der Waals surface area contributed by atoms with Crippen LogP contribution in [0.2, 0.25) is 0 Å². The third-order valence-corrected chi connectivity index (χ3v) is 6.03. The Morgan fingerprint density at radius 1 is 0.875 bits per heavy atom. The van der Waals surface area contributed by atoms with E-state index in [2.05, 4.69) is 15.4 Å². The van der Waals surface area contributed by atoms with Gasteiger partial charge in [0.1, 0.15) is 5.75 Å². The molecule has 32 heavy (non-hydrogen) atoms. The minimum atomic E-state index is -3.86. The van der Waals surface area contributed by atoms with E-state index in [-0.39, 0.29) is 23.3 Å². The molecule has 0 aliphatic rings. The summed E-state index contributed by atoms with van der Waals surface area (Å²) < 4.78 is 33.0. The van der Waals surface area contributed by atoms with Gasteiger partial charge in [-0.3, -0.25) is 14.3 Å². The lowest BCUT2D eigenvalue weighted by molar-refractivity contribution is 0.0948. The fourth-order valence-electron chi connectivity index (χ4n) is 2.97. The minimum Gasteiger partial charge on any atom is -0.495 e. The summed E-state index contributed by atoms with van der Waals surface area (Å²) >= 11 is 0. The normalized spacial score (nSPS) is 10.8. The van der Waals surface area contributed by atoms with E-state index in [1.165, 1.54) is 31.4 Å². The second-order valence-corrected chi connectivity index (χ2v) is 8.47. The Morgan fingerprint density at radius 3 is 2.28 bits per heavy atom. The molecule has 9 heteroatoms. The van der Waals surface area contributed by atoms with Crippen LogP contribution in [0.15, 0.2) is 77.7 Å². The van der Waals surface area contributed by atoms with E-state index in [4.69, 9.17) is 4.74 Å². The van der Waals surface area contributed by atoms with E-state index in [1.807, 2.05) is 0 Å². The van der Waals surface area contributed by atoms with E-state index >= 15 is 0 Å². The fourth-order valence-corrected chi connectivity index (χ4v) is 4.04. The molecule has 3 aromatic rings. The van der Waals surface area contributed by atoms with Crippen molar-refractivity contribution in [2.45, 2.75) is 11.4 Å². The molecule has 0 saturated carbocycles. The van der Waals surface area contributed by atoms with Crippen LogP contribution in [-0.2, 0) is 16.6 Å². The first-order valence-corrected chi connectivity index (χ1v) is 11.2. The number of rotatable bonds is 8. The second kappa shape index (κ2) is 9.97. The summed E-state index contributed by atoms with van der Waals surface area (Å²) in [4.78, 5) is 24.2. The molecule has 0 bridgehead atoms. The highest BCUT2D eigenvalue weighted by Gasteiger charge is 2.17. The van der Waals surface area contributed by atoms with Gasteiger partial charge < -0.3 is 15.4 Å². The van der Waals surface area contributed by atoms with Crippen LogP contribution in [-0.4, -0.2) is 34.4 Å². The Morgan fingerprint density at radius 2 is 1.59 bits per heavy atom. The van der Waals surface area contributed by atoms with Crippen molar-refractivity contribution < 1.29 is 22.7 Å². The molecule has 0 radical (unpaired) electrons. The van der Waals surface area contributed by atoms with Gasteiger partial charge in [-0.2, -0.15) is 0 Å². The smallest absolute Gasteiger partial charge is 0.262 e. The lowest BCUT2D eigenvalue weighted by Crippen LogP contribution is -2.23. The van der Waals surface area contributed by atoms with Crippen LogP contribution in [0.5, 0.6) is 5.75 Å². The van der Waals surface area contributed by atoms with Gasteiger partial charge in [-0.25, -0.2) is 8.42 Å². The van der Waals surface area contributed by atoms with E-state index in [0.717, 1.165) is 5.56 Å². The van der Waals surface area contributed by atoms with E-state index in [1.54, 1.807) is 55.6 Å². The first kappa shape index (κ1) is 22.8. The quantitative estimate of drug-likeness (QED) is 0.485. The Balaban J connectivity index is 1.67. The van der Waals surface area contributed by atoms with Crippen LogP contribution in [0.3, 0.4) is 0 Å². The Labute approximate surface area is 186 Å². The first-order chi connectivity index (χ1) is 15.3. The van der Waals surface area contributed by atoms with Crippen LogP contribution in [0.4, 0.5) is 5.69 Å². The van der Waals surface area contributed by atoms with Crippen LogP contribution in [0, 0.1) is 0 Å². The van der Waals surface area contributed by atoms with Gasteiger partial charge in [0.25, 0.3) is 21.8 Å². The highest BCUT2D eigenvalue weighted by molar-refractivity contribution is 7.92. The summed E-state index contributed by atoms with van der Waals surface area (Å²) in [5.74, 6) is -0.179. The number of amides is 2. The van der Waals surface area contributed by atoms with Crippen LogP contribution >= 0.6 is 0 Å². The monoisotopic (exact) mass is 453 g/mol. The summed E-state index contributed by atoms with van der Waals surface area (Å²) in [6, 6.07) is 19.2. The van der Waals surface area contributed by atoms with Crippen molar-refractivity contribution in [3.8, 4) is 5.75 Å². The van der Waals surface area contributed by atoms with Crippen molar-refractivity contribution >= 4 is 27.5 Å². The van der Waals surface area contributed by atoms with Crippen molar-refractivity contribution in [1.29, 1.82) is 0 Å². The minimum absolute atomic E-state index is 0.0123. The molecule has 3 aromatic carbocycles. The summed E-state index contributed by atoms with van der Waals surface area (Å²) in [5.41, 5.74) is 1.88. The zero-order chi connectivity index (χ0) is 23.1. The van der Waals surface area contributed by atoms with Gasteiger partial charge in [-0.05, 0) is 54.1 Å². The van der Waals surface area contributed by atoms with Crippen LogP contribution in [0.25, 0.3) is 0 Å². The predicted octanol–water partition coefficient (Wildman–Crippen LogP) is 2.79. The molecular weight excluding hydrogens is 430 g/mol. The maximum Gasteiger partial charge on any atom is 0.262 e. The molecular formula is C23H23N3O5S. The summed E-state index contributed by atoms with van der Waals surface area (Å²) in [7, 11) is -0.857. The zero-order valence-corrected chi connectivity index (χ0v) is 18.4. The summed E-state index contributed by atoms with van der Waals surface area (Å²) in [5, 5.41) is 5.31. The summed E-state index contributed by atoms with van der Waals surface area (Å²) in [6.07, 6.45) is 0. The third kappa shape index (κ3) is 5.44. The topological polar surface area (TPSA) is 114 Å². The molecule has 0 aliphatic carbocycles. The molecule has 166 valence electrons. The molecule has 0 heterocycles. The average molecular weight is 454 g/mol. The Hall–Kier alpha value is -3.85. The number of nitrogens with one attached hydrogen (secondary N) is 3. The number of carbonyl (C=O) groups excluding carboxylic acids is 2. The molecule has 3 N–H and O–H groups in total. The largest absolute Gasteiger partial charge is 0.495 e. The molecule has 0 aliphatic heterocycles. The highest BCUT2D eigenvalue weighted by atomic mass is 32.2. The maximum atomic E-state index is 12.7. The molecule has 0 aromatic heterocycles. The lowest BCUT2D eigenvalue weighted by Gasteiger charge is -2.12. The van der Waals surface area contributed by atoms with Crippen molar-refractivity contribution in [2.24, 2.45) is 0 Å². The van der Waals surface area contributed by atoms with Crippen molar-refractivity contribution in [1.82, 2.24) is 10.6 Å². The van der Waals surface area contributed by atoms with Gasteiger partial charge in [-0.1, -0.05) is 24.3 Å². The van der Waals surface area contributed by atoms with Crippen LogP contribution < -0.4 is 20.1 Å². The SMILES string of the molecule is CNC(=O)c1cccc(CNC(=O)c2ccc(S(=O)(=O)Nc3ccccc3OC)cc2)c1. The third-order valence-electron chi connectivity index (χ3n) is 4.65. The molecule has 0 spiro atoms. The molecule has 2 amide bonds. The van der Waals surface area contributed by atoms with E-state index in [9.17, 15) is 18.0 Å². The predicted molar refractivity (Wildman–Crippen MR) is 121 cm³/mol. The van der Waals surface area contributed by atoms with Gasteiger partial charge in [0, 0.05) is 24.7 Å². The average Bonchev–Trinajstić information content (AvgIpc) is 2.82. The molecule has 8 nitrogen and oxygen atoms in total. The van der Waals surface area contributed by atoms with Gasteiger partial charge in [0.2, 0.25) is 0 Å².